The summed E-state index contributed by atoms with van der Waals surface area (Å²) in [6.07, 6.45) is 2.22. The average molecular weight is 363 g/mol. The molecule has 25 heavy (non-hydrogen) atoms. The molecule has 3 rings (SSSR count). The molecule has 1 aliphatic heterocycles. The number of hydrogen-bond donors (Lipinski definition) is 2. The summed E-state index contributed by atoms with van der Waals surface area (Å²) in [5, 5.41) is 8.41. The molecule has 1 aliphatic rings. The third-order valence-electron chi connectivity index (χ3n) is 4.29. The van der Waals surface area contributed by atoms with Crippen molar-refractivity contribution in [3.05, 3.63) is 35.1 Å². The largest absolute Gasteiger partial charge is 0.449 e. The lowest BCUT2D eigenvalue weighted by molar-refractivity contribution is 0.131. The second-order valence-corrected chi connectivity index (χ2v) is 6.93. The van der Waals surface area contributed by atoms with Crippen LogP contribution >= 0.6 is 11.3 Å². The van der Waals surface area contributed by atoms with Crippen LogP contribution in [0.3, 0.4) is 0 Å². The summed E-state index contributed by atoms with van der Waals surface area (Å²) in [4.78, 5) is 16.5. The lowest BCUT2D eigenvalue weighted by Crippen LogP contribution is -2.31. The number of halogens is 1. The van der Waals surface area contributed by atoms with Crippen LogP contribution in [-0.2, 0) is 11.2 Å². The van der Waals surface area contributed by atoms with Crippen molar-refractivity contribution < 1.29 is 13.9 Å². The Labute approximate surface area is 150 Å². The fourth-order valence-corrected chi connectivity index (χ4v) is 3.78. The molecule has 1 amide bonds. The fraction of sp³-hybridized carbons (Fsp3) is 0.444. The summed E-state index contributed by atoms with van der Waals surface area (Å²) in [6, 6.07) is 4.60. The topological polar surface area (TPSA) is 63.2 Å². The zero-order chi connectivity index (χ0) is 17.6. The molecule has 0 saturated carbocycles. The second kappa shape index (κ2) is 8.40. The van der Waals surface area contributed by atoms with Gasteiger partial charge in [0.1, 0.15) is 10.8 Å². The third kappa shape index (κ3) is 4.55. The van der Waals surface area contributed by atoms with Crippen molar-refractivity contribution in [2.75, 3.05) is 25.0 Å². The first-order valence-electron chi connectivity index (χ1n) is 8.55. The standard InChI is InChI=1S/C18H22FN3O2S/c1-2-13-11-25-17(21-13)16-14(19)4-3-5-15(16)22-18(23)24-10-12-6-8-20-9-7-12/h3-5,11-12,20H,2,6-10H2,1H3,(H,22,23). The summed E-state index contributed by atoms with van der Waals surface area (Å²) in [5.41, 5.74) is 1.60. The molecule has 7 heteroatoms. The molecule has 0 atom stereocenters. The van der Waals surface area contributed by atoms with Gasteiger partial charge in [0.05, 0.1) is 23.6 Å². The SMILES string of the molecule is CCc1csc(-c2c(F)cccc2NC(=O)OCC2CCNCC2)n1. The number of nitrogens with one attached hydrogen (secondary N) is 2. The fourth-order valence-electron chi connectivity index (χ4n) is 2.82. The summed E-state index contributed by atoms with van der Waals surface area (Å²) in [7, 11) is 0. The number of aromatic nitrogens is 1. The van der Waals surface area contributed by atoms with Gasteiger partial charge in [0, 0.05) is 5.38 Å². The minimum absolute atomic E-state index is 0.311. The minimum atomic E-state index is -0.558. The van der Waals surface area contributed by atoms with Crippen molar-refractivity contribution in [3.63, 3.8) is 0 Å². The number of benzene rings is 1. The molecule has 1 fully saturated rings. The van der Waals surface area contributed by atoms with Gasteiger partial charge in [-0.1, -0.05) is 13.0 Å². The van der Waals surface area contributed by atoms with Crippen molar-refractivity contribution in [2.24, 2.45) is 5.92 Å². The van der Waals surface area contributed by atoms with E-state index in [1.54, 1.807) is 12.1 Å². The van der Waals surface area contributed by atoms with E-state index in [1.165, 1.54) is 17.4 Å². The van der Waals surface area contributed by atoms with Crippen LogP contribution in [0.25, 0.3) is 10.6 Å². The molecule has 2 aromatic rings. The van der Waals surface area contributed by atoms with Gasteiger partial charge in [0.25, 0.3) is 0 Å². The lowest BCUT2D eigenvalue weighted by Gasteiger charge is -2.22. The van der Waals surface area contributed by atoms with Crippen LogP contribution in [0, 0.1) is 11.7 Å². The predicted octanol–water partition coefficient (Wildman–Crippen LogP) is 4.06. The molecule has 2 heterocycles. The highest BCUT2D eigenvalue weighted by molar-refractivity contribution is 7.13. The molecule has 0 radical (unpaired) electrons. The molecule has 1 aromatic heterocycles. The first kappa shape index (κ1) is 17.8. The third-order valence-corrected chi connectivity index (χ3v) is 5.20. The van der Waals surface area contributed by atoms with E-state index < -0.39 is 11.9 Å². The number of anilines is 1. The zero-order valence-electron chi connectivity index (χ0n) is 14.2. The van der Waals surface area contributed by atoms with Gasteiger partial charge in [-0.3, -0.25) is 5.32 Å². The number of aryl methyl sites for hydroxylation is 1. The summed E-state index contributed by atoms with van der Waals surface area (Å²) in [6.45, 7) is 4.29. The number of thiazole rings is 1. The Bertz CT molecular complexity index is 729. The van der Waals surface area contributed by atoms with Gasteiger partial charge in [-0.2, -0.15) is 0 Å². The Kier molecular flexibility index (Phi) is 5.99. The quantitative estimate of drug-likeness (QED) is 0.841. The van der Waals surface area contributed by atoms with Crippen molar-refractivity contribution >= 4 is 23.1 Å². The van der Waals surface area contributed by atoms with Crippen molar-refractivity contribution in [3.8, 4) is 10.6 Å². The first-order valence-corrected chi connectivity index (χ1v) is 9.43. The molecule has 1 saturated heterocycles. The molecular formula is C18H22FN3O2S. The van der Waals surface area contributed by atoms with E-state index in [9.17, 15) is 9.18 Å². The molecule has 0 spiro atoms. The summed E-state index contributed by atoms with van der Waals surface area (Å²) >= 11 is 1.37. The highest BCUT2D eigenvalue weighted by atomic mass is 32.1. The second-order valence-electron chi connectivity index (χ2n) is 6.08. The Morgan fingerprint density at radius 1 is 1.44 bits per heavy atom. The highest BCUT2D eigenvalue weighted by Crippen LogP contribution is 2.33. The number of hydrogen-bond acceptors (Lipinski definition) is 5. The predicted molar refractivity (Wildman–Crippen MR) is 97.5 cm³/mol. The molecule has 0 unspecified atom stereocenters. The van der Waals surface area contributed by atoms with Crippen LogP contribution in [0.5, 0.6) is 0 Å². The number of rotatable bonds is 5. The van der Waals surface area contributed by atoms with Crippen LogP contribution < -0.4 is 10.6 Å². The lowest BCUT2D eigenvalue weighted by atomic mass is 9.99. The molecule has 1 aromatic carbocycles. The highest BCUT2D eigenvalue weighted by Gasteiger charge is 2.18. The van der Waals surface area contributed by atoms with Gasteiger partial charge in [-0.25, -0.2) is 14.2 Å². The minimum Gasteiger partial charge on any atom is -0.449 e. The van der Waals surface area contributed by atoms with E-state index in [0.717, 1.165) is 38.0 Å². The normalized spacial score (nSPS) is 15.1. The van der Waals surface area contributed by atoms with E-state index in [1.807, 2.05) is 12.3 Å². The number of carbonyl (C=O) groups excluding carboxylic acids is 1. The van der Waals surface area contributed by atoms with Gasteiger partial charge in [-0.05, 0) is 50.4 Å². The van der Waals surface area contributed by atoms with Crippen molar-refractivity contribution in [2.45, 2.75) is 26.2 Å². The maximum absolute atomic E-state index is 14.3. The smallest absolute Gasteiger partial charge is 0.411 e. The summed E-state index contributed by atoms with van der Waals surface area (Å²) in [5.74, 6) is -0.0294. The number of piperidine rings is 1. The van der Waals surface area contributed by atoms with Crippen LogP contribution in [-0.4, -0.2) is 30.8 Å². The Morgan fingerprint density at radius 2 is 2.24 bits per heavy atom. The van der Waals surface area contributed by atoms with E-state index in [0.29, 0.717) is 28.8 Å². The molecule has 2 N–H and O–H groups in total. The van der Waals surface area contributed by atoms with Gasteiger partial charge < -0.3 is 10.1 Å². The van der Waals surface area contributed by atoms with Crippen molar-refractivity contribution in [1.82, 2.24) is 10.3 Å². The number of ether oxygens (including phenoxy) is 1. The molecule has 134 valence electrons. The molecule has 5 nitrogen and oxygen atoms in total. The van der Waals surface area contributed by atoms with E-state index in [2.05, 4.69) is 15.6 Å². The summed E-state index contributed by atoms with van der Waals surface area (Å²) < 4.78 is 19.7. The average Bonchev–Trinajstić information content (AvgIpc) is 3.10. The van der Waals surface area contributed by atoms with Crippen LogP contribution in [0.1, 0.15) is 25.5 Å². The zero-order valence-corrected chi connectivity index (χ0v) is 15.0. The Morgan fingerprint density at radius 3 is 2.96 bits per heavy atom. The first-order chi connectivity index (χ1) is 12.2. The van der Waals surface area contributed by atoms with E-state index >= 15 is 0 Å². The van der Waals surface area contributed by atoms with Gasteiger partial charge in [0.2, 0.25) is 0 Å². The maximum atomic E-state index is 14.3. The van der Waals surface area contributed by atoms with E-state index in [-0.39, 0.29) is 0 Å². The maximum Gasteiger partial charge on any atom is 0.411 e. The van der Waals surface area contributed by atoms with E-state index in [4.69, 9.17) is 4.74 Å². The van der Waals surface area contributed by atoms with Gasteiger partial charge >= 0.3 is 6.09 Å². The van der Waals surface area contributed by atoms with Crippen molar-refractivity contribution in [1.29, 1.82) is 0 Å². The number of amides is 1. The Balaban J connectivity index is 1.69. The molecule has 0 bridgehead atoms. The van der Waals surface area contributed by atoms with Gasteiger partial charge in [-0.15, -0.1) is 11.3 Å². The van der Waals surface area contributed by atoms with Gasteiger partial charge in [0.15, 0.2) is 0 Å². The monoisotopic (exact) mass is 363 g/mol. The molecule has 0 aliphatic carbocycles. The number of nitrogens with zero attached hydrogens (tertiary/aromatic N) is 1. The van der Waals surface area contributed by atoms with Crippen LogP contribution in [0.4, 0.5) is 14.9 Å². The Hall–Kier alpha value is -1.99. The molecular weight excluding hydrogens is 341 g/mol. The van der Waals surface area contributed by atoms with Crippen LogP contribution in [0.15, 0.2) is 23.6 Å². The van der Waals surface area contributed by atoms with Crippen LogP contribution in [0.2, 0.25) is 0 Å². The number of carbonyl (C=O) groups is 1.